The van der Waals surface area contributed by atoms with Gasteiger partial charge in [-0.15, -0.1) is 0 Å². The highest BCUT2D eigenvalue weighted by Crippen LogP contribution is 2.43. The highest BCUT2D eigenvalue weighted by Gasteiger charge is 2.34. The topological polar surface area (TPSA) is 38.0 Å². The van der Waals surface area contributed by atoms with Crippen LogP contribution in [-0.2, 0) is 5.41 Å². The van der Waals surface area contributed by atoms with E-state index in [2.05, 4.69) is 121 Å². The molecular formula is C32H26N2. The molecule has 164 valence electrons. The third-order valence-corrected chi connectivity index (χ3v) is 6.96. The van der Waals surface area contributed by atoms with Gasteiger partial charge in [-0.1, -0.05) is 103 Å². The van der Waals surface area contributed by atoms with Crippen LogP contribution in [0.3, 0.4) is 0 Å². The molecule has 0 bridgehead atoms. The van der Waals surface area contributed by atoms with Crippen LogP contribution in [0.2, 0.25) is 0 Å². The Morgan fingerprint density at radius 2 is 1.29 bits per heavy atom. The molecule has 2 nitrogen and oxygen atoms in total. The first kappa shape index (κ1) is 20.3. The zero-order valence-corrected chi connectivity index (χ0v) is 18.9. The number of anilines is 2. The number of fused-ring (bicyclic) bond motifs is 2. The minimum absolute atomic E-state index is 0.265. The molecule has 34 heavy (non-hydrogen) atoms. The Morgan fingerprint density at radius 1 is 0.647 bits per heavy atom. The van der Waals surface area contributed by atoms with Crippen molar-refractivity contribution in [3.8, 4) is 0 Å². The fourth-order valence-corrected chi connectivity index (χ4v) is 5.19. The highest BCUT2D eigenvalue weighted by atomic mass is 14.9. The summed E-state index contributed by atoms with van der Waals surface area (Å²) in [5, 5.41) is 8.67. The van der Waals surface area contributed by atoms with Gasteiger partial charge in [0.25, 0.3) is 0 Å². The molecule has 1 aliphatic carbocycles. The van der Waals surface area contributed by atoms with Crippen LogP contribution in [0.15, 0.2) is 133 Å². The second-order valence-electron chi connectivity index (χ2n) is 8.97. The van der Waals surface area contributed by atoms with Gasteiger partial charge in [-0.05, 0) is 58.0 Å². The number of nitrogens with one attached hydrogen (secondary N) is 1. The Bertz CT molecular complexity index is 1550. The molecule has 0 heterocycles. The largest absolute Gasteiger partial charge is 0.399 e. The Kier molecular flexibility index (Phi) is 4.92. The van der Waals surface area contributed by atoms with Gasteiger partial charge in [0.15, 0.2) is 0 Å². The Hall–Kier alpha value is -4.30. The van der Waals surface area contributed by atoms with Crippen LogP contribution in [0, 0.1) is 0 Å². The van der Waals surface area contributed by atoms with Crippen molar-refractivity contribution in [2.75, 3.05) is 11.1 Å². The average Bonchev–Trinajstić information content (AvgIpc) is 2.90. The summed E-state index contributed by atoms with van der Waals surface area (Å²) in [4.78, 5) is 0. The van der Waals surface area contributed by atoms with Gasteiger partial charge in [0.05, 0.1) is 0 Å². The molecule has 1 unspecified atom stereocenters. The van der Waals surface area contributed by atoms with Gasteiger partial charge < -0.3 is 11.1 Å². The van der Waals surface area contributed by atoms with Crippen molar-refractivity contribution in [3.63, 3.8) is 0 Å². The summed E-state index contributed by atoms with van der Waals surface area (Å²) in [6.45, 7) is 0. The SMILES string of the molecule is Nc1ccc(C2(c3cccc4ccccc34)C=CC(Nc3cccc4ccccc34)=CC2)cc1. The van der Waals surface area contributed by atoms with E-state index in [0.717, 1.165) is 23.5 Å². The normalized spacial score (nSPS) is 17.6. The third kappa shape index (κ3) is 3.45. The maximum Gasteiger partial charge on any atom is 0.0463 e. The molecule has 1 aliphatic rings. The molecule has 0 saturated heterocycles. The predicted molar refractivity (Wildman–Crippen MR) is 145 cm³/mol. The monoisotopic (exact) mass is 438 g/mol. The van der Waals surface area contributed by atoms with Gasteiger partial charge in [0.1, 0.15) is 0 Å². The van der Waals surface area contributed by atoms with Gasteiger partial charge in [-0.2, -0.15) is 0 Å². The first-order valence-electron chi connectivity index (χ1n) is 11.7. The number of hydrogen-bond acceptors (Lipinski definition) is 2. The maximum atomic E-state index is 6.04. The molecule has 6 rings (SSSR count). The number of nitrogens with two attached hydrogens (primary N) is 1. The molecule has 5 aromatic carbocycles. The maximum absolute atomic E-state index is 6.04. The summed E-state index contributed by atoms with van der Waals surface area (Å²) < 4.78 is 0. The molecule has 0 aromatic heterocycles. The van der Waals surface area contributed by atoms with Gasteiger partial charge >= 0.3 is 0 Å². The lowest BCUT2D eigenvalue weighted by Gasteiger charge is -2.35. The smallest absolute Gasteiger partial charge is 0.0463 e. The van der Waals surface area contributed by atoms with Crippen LogP contribution >= 0.6 is 0 Å². The Labute approximate surface area is 200 Å². The van der Waals surface area contributed by atoms with Crippen molar-refractivity contribution < 1.29 is 0 Å². The summed E-state index contributed by atoms with van der Waals surface area (Å²) in [5.74, 6) is 0. The quantitative estimate of drug-likeness (QED) is 0.281. The molecule has 0 amide bonds. The van der Waals surface area contributed by atoms with Gasteiger partial charge in [-0.25, -0.2) is 0 Å². The van der Waals surface area contributed by atoms with Gasteiger partial charge in [-0.3, -0.25) is 0 Å². The van der Waals surface area contributed by atoms with Crippen LogP contribution in [0.5, 0.6) is 0 Å². The van der Waals surface area contributed by atoms with Crippen LogP contribution in [0.1, 0.15) is 17.5 Å². The lowest BCUT2D eigenvalue weighted by Crippen LogP contribution is -2.27. The van der Waals surface area contributed by atoms with Crippen LogP contribution in [0.25, 0.3) is 21.5 Å². The lowest BCUT2D eigenvalue weighted by molar-refractivity contribution is 0.650. The van der Waals surface area contributed by atoms with E-state index in [9.17, 15) is 0 Å². The zero-order chi connectivity index (χ0) is 23.0. The van der Waals surface area contributed by atoms with Crippen molar-refractivity contribution in [1.29, 1.82) is 0 Å². The predicted octanol–water partition coefficient (Wildman–Crippen LogP) is 7.82. The van der Waals surface area contributed by atoms with Crippen molar-refractivity contribution in [2.24, 2.45) is 0 Å². The molecule has 0 spiro atoms. The molecule has 0 saturated carbocycles. The highest BCUT2D eigenvalue weighted by molar-refractivity contribution is 5.94. The summed E-state index contributed by atoms with van der Waals surface area (Å²) in [6, 6.07) is 38.5. The van der Waals surface area contributed by atoms with Crippen molar-refractivity contribution in [3.05, 3.63) is 144 Å². The zero-order valence-electron chi connectivity index (χ0n) is 18.9. The van der Waals surface area contributed by atoms with E-state index in [4.69, 9.17) is 5.73 Å². The van der Waals surface area contributed by atoms with E-state index in [1.165, 1.54) is 32.7 Å². The molecule has 3 N–H and O–H groups in total. The fraction of sp³-hybridized carbons (Fsp3) is 0.0625. The summed E-state index contributed by atoms with van der Waals surface area (Å²) >= 11 is 0. The Balaban J connectivity index is 1.43. The summed E-state index contributed by atoms with van der Waals surface area (Å²) in [6.07, 6.45) is 7.76. The van der Waals surface area contributed by atoms with Crippen molar-refractivity contribution >= 4 is 32.9 Å². The molecule has 0 aliphatic heterocycles. The number of hydrogen-bond donors (Lipinski definition) is 2. The second-order valence-corrected chi connectivity index (χ2v) is 8.97. The number of benzene rings is 5. The van der Waals surface area contributed by atoms with E-state index in [1.807, 2.05) is 12.1 Å². The number of rotatable bonds is 4. The van der Waals surface area contributed by atoms with E-state index in [0.29, 0.717) is 0 Å². The van der Waals surface area contributed by atoms with E-state index < -0.39 is 0 Å². The van der Waals surface area contributed by atoms with Crippen LogP contribution < -0.4 is 11.1 Å². The van der Waals surface area contributed by atoms with Crippen LogP contribution in [0.4, 0.5) is 11.4 Å². The molecule has 0 radical (unpaired) electrons. The van der Waals surface area contributed by atoms with Crippen molar-refractivity contribution in [1.82, 2.24) is 0 Å². The molecule has 0 fully saturated rings. The minimum Gasteiger partial charge on any atom is -0.399 e. The summed E-state index contributed by atoms with van der Waals surface area (Å²) in [7, 11) is 0. The first-order valence-corrected chi connectivity index (χ1v) is 11.7. The molecule has 1 atom stereocenters. The third-order valence-electron chi connectivity index (χ3n) is 6.96. The van der Waals surface area contributed by atoms with Crippen molar-refractivity contribution in [2.45, 2.75) is 11.8 Å². The minimum atomic E-state index is -0.265. The van der Waals surface area contributed by atoms with E-state index in [1.54, 1.807) is 0 Å². The number of allylic oxidation sites excluding steroid dienone is 3. The molecular weight excluding hydrogens is 412 g/mol. The van der Waals surface area contributed by atoms with E-state index in [-0.39, 0.29) is 5.41 Å². The first-order chi connectivity index (χ1) is 16.7. The van der Waals surface area contributed by atoms with Gasteiger partial charge in [0, 0.05) is 27.9 Å². The van der Waals surface area contributed by atoms with E-state index >= 15 is 0 Å². The average molecular weight is 439 g/mol. The van der Waals surface area contributed by atoms with Crippen LogP contribution in [-0.4, -0.2) is 0 Å². The number of nitrogen functional groups attached to an aromatic ring is 1. The fourth-order valence-electron chi connectivity index (χ4n) is 5.19. The lowest BCUT2D eigenvalue weighted by atomic mass is 9.68. The van der Waals surface area contributed by atoms with Gasteiger partial charge in [0.2, 0.25) is 0 Å². The molecule has 2 heteroatoms. The standard InChI is InChI=1S/C32H26N2/c33-26-17-15-25(16-18-26)32(30-13-5-9-23-7-1-3-11-28(23)30)21-19-27(20-22-32)34-31-14-6-10-24-8-2-4-12-29(24)31/h1-21,34H,22,33H2. The molecule has 5 aromatic rings. The summed E-state index contributed by atoms with van der Waals surface area (Å²) in [5.41, 5.74) is 11.4. The second kappa shape index (κ2) is 8.24. The Morgan fingerprint density at radius 3 is 2.03 bits per heavy atom.